The van der Waals surface area contributed by atoms with E-state index in [0.717, 1.165) is 18.8 Å². The lowest BCUT2D eigenvalue weighted by Crippen LogP contribution is -2.43. The molecule has 3 unspecified atom stereocenters. The van der Waals surface area contributed by atoms with Crippen molar-refractivity contribution in [2.45, 2.75) is 71.1 Å². The van der Waals surface area contributed by atoms with Gasteiger partial charge in [-0.3, -0.25) is 10.1 Å². The molecule has 1 amide bonds. The van der Waals surface area contributed by atoms with Crippen LogP contribution in [-0.2, 0) is 4.79 Å². The smallest absolute Gasteiger partial charge is 0.240 e. The number of carbonyl (C=O) groups is 1. The molecule has 1 heterocycles. The molecule has 1 saturated heterocycles. The van der Waals surface area contributed by atoms with Gasteiger partial charge in [0.2, 0.25) is 5.91 Å². The van der Waals surface area contributed by atoms with E-state index in [1.54, 1.807) is 0 Å². The molecule has 0 aromatic carbocycles. The molecule has 1 aliphatic carbocycles. The summed E-state index contributed by atoms with van der Waals surface area (Å²) < 4.78 is 0. The van der Waals surface area contributed by atoms with Crippen LogP contribution >= 0.6 is 0 Å². The Morgan fingerprint density at radius 1 is 1.50 bits per heavy atom. The van der Waals surface area contributed by atoms with Gasteiger partial charge in [-0.1, -0.05) is 26.2 Å². The lowest BCUT2D eigenvalue weighted by molar-refractivity contribution is -0.132. The van der Waals surface area contributed by atoms with Gasteiger partial charge in [0.1, 0.15) is 0 Å². The van der Waals surface area contributed by atoms with Crippen LogP contribution in [-0.4, -0.2) is 29.1 Å². The maximum absolute atomic E-state index is 12.1. The number of nitrogens with zero attached hydrogens (tertiary/aromatic N) is 1. The summed E-state index contributed by atoms with van der Waals surface area (Å²) >= 11 is 0. The number of nitrogens with one attached hydrogen (secondary N) is 1. The second kappa shape index (κ2) is 4.74. The van der Waals surface area contributed by atoms with Crippen molar-refractivity contribution >= 4 is 5.91 Å². The van der Waals surface area contributed by atoms with E-state index < -0.39 is 0 Å². The average Bonchev–Trinajstić information content (AvgIpc) is 2.97. The van der Waals surface area contributed by atoms with Gasteiger partial charge in [0.25, 0.3) is 0 Å². The Morgan fingerprint density at radius 3 is 2.75 bits per heavy atom. The van der Waals surface area contributed by atoms with Crippen molar-refractivity contribution in [1.82, 2.24) is 10.2 Å². The molecule has 0 aromatic rings. The van der Waals surface area contributed by atoms with E-state index in [1.165, 1.54) is 19.3 Å². The van der Waals surface area contributed by atoms with Crippen molar-refractivity contribution in [1.29, 1.82) is 0 Å². The van der Waals surface area contributed by atoms with Gasteiger partial charge in [0.05, 0.1) is 12.2 Å². The van der Waals surface area contributed by atoms with Crippen molar-refractivity contribution in [3.05, 3.63) is 0 Å². The predicted molar refractivity (Wildman–Crippen MR) is 64.9 cm³/mol. The molecule has 2 aliphatic rings. The summed E-state index contributed by atoms with van der Waals surface area (Å²) in [5, 5.41) is 3.41. The van der Waals surface area contributed by atoms with Crippen LogP contribution in [0.1, 0.15) is 52.9 Å². The van der Waals surface area contributed by atoms with Crippen LogP contribution in [0.5, 0.6) is 0 Å². The minimum Gasteiger partial charge on any atom is -0.323 e. The summed E-state index contributed by atoms with van der Waals surface area (Å²) in [6.07, 6.45) is 6.42. The number of rotatable bonds is 5. The SMILES string of the molecule is CCCC1NC(C)C(=O)N1C(C)CC1CC1. The van der Waals surface area contributed by atoms with E-state index in [0.29, 0.717) is 11.9 Å². The Kier molecular flexibility index (Phi) is 3.53. The highest BCUT2D eigenvalue weighted by Crippen LogP contribution is 2.35. The Morgan fingerprint density at radius 2 is 2.19 bits per heavy atom. The van der Waals surface area contributed by atoms with Gasteiger partial charge in [-0.25, -0.2) is 0 Å². The van der Waals surface area contributed by atoms with Crippen LogP contribution in [0, 0.1) is 5.92 Å². The number of carbonyl (C=O) groups excluding carboxylic acids is 1. The fourth-order valence-corrected chi connectivity index (χ4v) is 2.79. The van der Waals surface area contributed by atoms with Gasteiger partial charge in [-0.05, 0) is 32.6 Å². The molecule has 0 radical (unpaired) electrons. The van der Waals surface area contributed by atoms with Crippen LogP contribution in [0.4, 0.5) is 0 Å². The second-order valence-corrected chi connectivity index (χ2v) is 5.47. The third-order valence-electron chi connectivity index (χ3n) is 3.81. The normalized spacial score (nSPS) is 32.2. The fraction of sp³-hybridized carbons (Fsp3) is 0.923. The molecular formula is C13H24N2O. The van der Waals surface area contributed by atoms with E-state index in [9.17, 15) is 4.79 Å². The lowest BCUT2D eigenvalue weighted by Gasteiger charge is -2.30. The topological polar surface area (TPSA) is 32.3 Å². The maximum Gasteiger partial charge on any atom is 0.240 e. The summed E-state index contributed by atoms with van der Waals surface area (Å²) in [5.41, 5.74) is 0. The molecule has 3 heteroatoms. The summed E-state index contributed by atoms with van der Waals surface area (Å²) in [6.45, 7) is 6.37. The number of hydrogen-bond donors (Lipinski definition) is 1. The number of hydrogen-bond acceptors (Lipinski definition) is 2. The van der Waals surface area contributed by atoms with Gasteiger partial charge in [0.15, 0.2) is 0 Å². The highest BCUT2D eigenvalue weighted by atomic mass is 16.2. The zero-order valence-corrected chi connectivity index (χ0v) is 10.7. The van der Waals surface area contributed by atoms with E-state index in [-0.39, 0.29) is 12.2 Å². The Balaban J connectivity index is 1.98. The van der Waals surface area contributed by atoms with Crippen LogP contribution in [0.25, 0.3) is 0 Å². The lowest BCUT2D eigenvalue weighted by atomic mass is 10.1. The maximum atomic E-state index is 12.1. The zero-order chi connectivity index (χ0) is 11.7. The van der Waals surface area contributed by atoms with Gasteiger partial charge < -0.3 is 4.90 Å². The highest BCUT2D eigenvalue weighted by Gasteiger charge is 2.39. The van der Waals surface area contributed by atoms with Crippen molar-refractivity contribution in [3.63, 3.8) is 0 Å². The highest BCUT2D eigenvalue weighted by molar-refractivity contribution is 5.84. The van der Waals surface area contributed by atoms with Gasteiger partial charge in [0, 0.05) is 6.04 Å². The first-order valence-electron chi connectivity index (χ1n) is 6.71. The predicted octanol–water partition coefficient (Wildman–Crippen LogP) is 2.12. The average molecular weight is 224 g/mol. The van der Waals surface area contributed by atoms with Crippen molar-refractivity contribution in [2.24, 2.45) is 5.92 Å². The Bertz CT molecular complexity index is 263. The molecule has 2 fully saturated rings. The molecule has 1 N–H and O–H groups in total. The van der Waals surface area contributed by atoms with Crippen LogP contribution < -0.4 is 5.32 Å². The molecule has 1 aliphatic heterocycles. The first-order valence-corrected chi connectivity index (χ1v) is 6.71. The van der Waals surface area contributed by atoms with Crippen LogP contribution in [0.2, 0.25) is 0 Å². The van der Waals surface area contributed by atoms with Gasteiger partial charge in [-0.15, -0.1) is 0 Å². The van der Waals surface area contributed by atoms with E-state index >= 15 is 0 Å². The first-order chi connectivity index (χ1) is 7.63. The van der Waals surface area contributed by atoms with E-state index in [2.05, 4.69) is 24.1 Å². The van der Waals surface area contributed by atoms with E-state index in [1.807, 2.05) is 6.92 Å². The third-order valence-corrected chi connectivity index (χ3v) is 3.81. The van der Waals surface area contributed by atoms with Crippen LogP contribution in [0.15, 0.2) is 0 Å². The van der Waals surface area contributed by atoms with Crippen molar-refractivity contribution in [3.8, 4) is 0 Å². The number of amides is 1. The molecule has 3 nitrogen and oxygen atoms in total. The minimum absolute atomic E-state index is 0.0122. The molecular weight excluding hydrogens is 200 g/mol. The summed E-state index contributed by atoms with van der Waals surface area (Å²) in [7, 11) is 0. The molecule has 2 rings (SSSR count). The Hall–Kier alpha value is -0.570. The first kappa shape index (κ1) is 11.9. The van der Waals surface area contributed by atoms with E-state index in [4.69, 9.17) is 0 Å². The second-order valence-electron chi connectivity index (χ2n) is 5.47. The monoisotopic (exact) mass is 224 g/mol. The third kappa shape index (κ3) is 2.40. The molecule has 0 bridgehead atoms. The van der Waals surface area contributed by atoms with Gasteiger partial charge >= 0.3 is 0 Å². The standard InChI is InChI=1S/C13H24N2O/c1-4-5-12-14-10(3)13(16)15(12)9(2)8-11-6-7-11/h9-12,14H,4-8H2,1-3H3. The largest absolute Gasteiger partial charge is 0.323 e. The molecule has 92 valence electrons. The molecule has 0 aromatic heterocycles. The van der Waals surface area contributed by atoms with Crippen molar-refractivity contribution in [2.75, 3.05) is 0 Å². The summed E-state index contributed by atoms with van der Waals surface area (Å²) in [4.78, 5) is 14.2. The molecule has 16 heavy (non-hydrogen) atoms. The quantitative estimate of drug-likeness (QED) is 0.776. The fourth-order valence-electron chi connectivity index (χ4n) is 2.79. The summed E-state index contributed by atoms with van der Waals surface area (Å²) in [5.74, 6) is 1.19. The molecule has 0 spiro atoms. The Labute approximate surface area is 98.6 Å². The molecule has 1 saturated carbocycles. The van der Waals surface area contributed by atoms with Crippen LogP contribution in [0.3, 0.4) is 0 Å². The van der Waals surface area contributed by atoms with Gasteiger partial charge in [-0.2, -0.15) is 0 Å². The minimum atomic E-state index is 0.0122. The van der Waals surface area contributed by atoms with Crippen molar-refractivity contribution < 1.29 is 4.79 Å². The zero-order valence-electron chi connectivity index (χ0n) is 10.7. The molecule has 3 atom stereocenters. The summed E-state index contributed by atoms with van der Waals surface area (Å²) in [6, 6.07) is 0.423.